The molecular formula is C15H23NO2S. The van der Waals surface area contributed by atoms with Gasteiger partial charge in [-0.15, -0.1) is 11.8 Å². The van der Waals surface area contributed by atoms with E-state index in [1.807, 2.05) is 13.0 Å². The molecule has 0 aromatic heterocycles. The Morgan fingerprint density at radius 2 is 2.21 bits per heavy atom. The molecule has 4 heteroatoms. The molecule has 0 saturated heterocycles. The van der Waals surface area contributed by atoms with Crippen molar-refractivity contribution in [1.82, 2.24) is 5.32 Å². The van der Waals surface area contributed by atoms with Crippen LogP contribution in [0.25, 0.3) is 0 Å². The third-order valence-corrected chi connectivity index (χ3v) is 4.02. The molecule has 0 aliphatic heterocycles. The minimum absolute atomic E-state index is 0.0219. The minimum Gasteiger partial charge on any atom is -0.388 e. The van der Waals surface area contributed by atoms with Crippen LogP contribution in [-0.4, -0.2) is 28.9 Å². The topological polar surface area (TPSA) is 49.3 Å². The van der Waals surface area contributed by atoms with E-state index in [4.69, 9.17) is 0 Å². The van der Waals surface area contributed by atoms with Crippen LogP contribution in [0.1, 0.15) is 31.4 Å². The first kappa shape index (κ1) is 16.1. The second-order valence-corrected chi connectivity index (χ2v) is 6.09. The Kier molecular flexibility index (Phi) is 6.38. The zero-order valence-electron chi connectivity index (χ0n) is 11.9. The maximum Gasteiger partial charge on any atom is 0.230 e. The zero-order chi connectivity index (χ0) is 14.3. The van der Waals surface area contributed by atoms with E-state index in [0.717, 1.165) is 5.75 Å². The summed E-state index contributed by atoms with van der Waals surface area (Å²) in [5, 5.41) is 12.5. The van der Waals surface area contributed by atoms with Crippen LogP contribution in [0.5, 0.6) is 0 Å². The van der Waals surface area contributed by atoms with Crippen molar-refractivity contribution < 1.29 is 9.90 Å². The number of carbonyl (C=O) groups is 1. The van der Waals surface area contributed by atoms with Gasteiger partial charge in [-0.2, -0.15) is 0 Å². The molecule has 106 valence electrons. The zero-order valence-corrected chi connectivity index (χ0v) is 12.7. The van der Waals surface area contributed by atoms with Gasteiger partial charge in [-0.3, -0.25) is 4.79 Å². The summed E-state index contributed by atoms with van der Waals surface area (Å²) in [4.78, 5) is 11.6. The molecule has 0 heterocycles. The van der Waals surface area contributed by atoms with Gasteiger partial charge in [0.15, 0.2) is 0 Å². The van der Waals surface area contributed by atoms with Crippen molar-refractivity contribution in [2.24, 2.45) is 0 Å². The Balaban J connectivity index is 2.24. The van der Waals surface area contributed by atoms with Gasteiger partial charge in [0.1, 0.15) is 0 Å². The van der Waals surface area contributed by atoms with E-state index in [9.17, 15) is 9.90 Å². The fourth-order valence-corrected chi connectivity index (χ4v) is 2.33. The maximum absolute atomic E-state index is 11.6. The molecule has 19 heavy (non-hydrogen) atoms. The van der Waals surface area contributed by atoms with Gasteiger partial charge in [0.05, 0.1) is 11.4 Å². The molecule has 0 saturated carbocycles. The van der Waals surface area contributed by atoms with Gasteiger partial charge >= 0.3 is 0 Å². The van der Waals surface area contributed by atoms with Crippen LogP contribution in [0, 0.1) is 6.92 Å². The Labute approximate surface area is 119 Å². The van der Waals surface area contributed by atoms with Crippen molar-refractivity contribution in [3.05, 3.63) is 35.4 Å². The first-order valence-electron chi connectivity index (χ1n) is 6.55. The first-order valence-corrected chi connectivity index (χ1v) is 7.71. The van der Waals surface area contributed by atoms with Crippen LogP contribution in [0.3, 0.4) is 0 Å². The lowest BCUT2D eigenvalue weighted by molar-refractivity contribution is -0.119. The number of rotatable bonds is 7. The van der Waals surface area contributed by atoms with Crippen molar-refractivity contribution in [3.8, 4) is 0 Å². The van der Waals surface area contributed by atoms with Crippen LogP contribution >= 0.6 is 11.8 Å². The number of aliphatic hydroxyl groups is 1. The van der Waals surface area contributed by atoms with Crippen LogP contribution in [0.15, 0.2) is 24.3 Å². The Morgan fingerprint density at radius 3 is 2.84 bits per heavy atom. The maximum atomic E-state index is 11.6. The van der Waals surface area contributed by atoms with Crippen molar-refractivity contribution in [2.75, 3.05) is 12.3 Å². The molecule has 0 aliphatic rings. The average Bonchev–Trinajstić information content (AvgIpc) is 2.37. The molecule has 1 unspecified atom stereocenters. The molecule has 0 bridgehead atoms. The van der Waals surface area contributed by atoms with Crippen LogP contribution in [0.2, 0.25) is 0 Å². The van der Waals surface area contributed by atoms with E-state index < -0.39 is 5.60 Å². The lowest BCUT2D eigenvalue weighted by Crippen LogP contribution is -2.40. The molecule has 2 N–H and O–H groups in total. The highest BCUT2D eigenvalue weighted by molar-refractivity contribution is 7.99. The molecule has 1 amide bonds. The molecule has 3 nitrogen and oxygen atoms in total. The van der Waals surface area contributed by atoms with Gasteiger partial charge in [-0.1, -0.05) is 36.8 Å². The molecule has 0 aliphatic carbocycles. The van der Waals surface area contributed by atoms with Crippen molar-refractivity contribution >= 4 is 17.7 Å². The Morgan fingerprint density at radius 1 is 1.47 bits per heavy atom. The van der Waals surface area contributed by atoms with E-state index in [1.165, 1.54) is 11.1 Å². The molecule has 0 spiro atoms. The molecule has 1 aromatic carbocycles. The number of benzene rings is 1. The van der Waals surface area contributed by atoms with Gasteiger partial charge in [0.2, 0.25) is 5.91 Å². The summed E-state index contributed by atoms with van der Waals surface area (Å²) in [5.41, 5.74) is 1.66. The van der Waals surface area contributed by atoms with Gasteiger partial charge in [0, 0.05) is 12.3 Å². The molecule has 0 radical (unpaired) electrons. The predicted octanol–water partition coefficient (Wildman–Crippen LogP) is 2.51. The third kappa shape index (κ3) is 6.64. The Bertz CT molecular complexity index is 418. The second kappa shape index (κ2) is 7.56. The molecule has 1 atom stereocenters. The van der Waals surface area contributed by atoms with E-state index in [2.05, 4.69) is 30.4 Å². The summed E-state index contributed by atoms with van der Waals surface area (Å²) in [5.74, 6) is 1.24. The van der Waals surface area contributed by atoms with E-state index in [1.54, 1.807) is 18.7 Å². The molecule has 1 rings (SSSR count). The largest absolute Gasteiger partial charge is 0.388 e. The van der Waals surface area contributed by atoms with Crippen LogP contribution in [-0.2, 0) is 10.5 Å². The van der Waals surface area contributed by atoms with E-state index in [0.29, 0.717) is 18.7 Å². The van der Waals surface area contributed by atoms with Crippen molar-refractivity contribution in [3.63, 3.8) is 0 Å². The van der Waals surface area contributed by atoms with Crippen molar-refractivity contribution in [1.29, 1.82) is 0 Å². The van der Waals surface area contributed by atoms with E-state index >= 15 is 0 Å². The summed E-state index contributed by atoms with van der Waals surface area (Å²) in [6, 6.07) is 8.30. The number of aryl methyl sites for hydroxylation is 1. The van der Waals surface area contributed by atoms with Gasteiger partial charge in [-0.05, 0) is 25.8 Å². The number of nitrogens with one attached hydrogen (secondary N) is 1. The fourth-order valence-electron chi connectivity index (χ4n) is 1.53. The SMILES string of the molecule is CCC(C)(O)CNC(=O)CSCc1cccc(C)c1. The normalized spacial score (nSPS) is 13.9. The fraction of sp³-hybridized carbons (Fsp3) is 0.533. The second-order valence-electron chi connectivity index (χ2n) is 5.11. The van der Waals surface area contributed by atoms with E-state index in [-0.39, 0.29) is 5.91 Å². The highest BCUT2D eigenvalue weighted by atomic mass is 32.2. The summed E-state index contributed by atoms with van der Waals surface area (Å²) >= 11 is 1.59. The first-order chi connectivity index (χ1) is 8.93. The number of hydrogen-bond acceptors (Lipinski definition) is 3. The Hall–Kier alpha value is -1.00. The predicted molar refractivity (Wildman–Crippen MR) is 81.3 cm³/mol. The number of hydrogen-bond donors (Lipinski definition) is 2. The summed E-state index contributed by atoms with van der Waals surface area (Å²) in [7, 11) is 0. The summed E-state index contributed by atoms with van der Waals surface area (Å²) in [6.45, 7) is 6.01. The quantitative estimate of drug-likeness (QED) is 0.807. The molecule has 0 fully saturated rings. The lowest BCUT2D eigenvalue weighted by Gasteiger charge is -2.21. The number of amides is 1. The van der Waals surface area contributed by atoms with Gasteiger partial charge < -0.3 is 10.4 Å². The highest BCUT2D eigenvalue weighted by Gasteiger charge is 2.18. The van der Waals surface area contributed by atoms with Crippen LogP contribution in [0.4, 0.5) is 0 Å². The third-order valence-electron chi connectivity index (χ3n) is 3.01. The minimum atomic E-state index is -0.809. The lowest BCUT2D eigenvalue weighted by atomic mass is 10.0. The smallest absolute Gasteiger partial charge is 0.230 e. The number of carbonyl (C=O) groups excluding carboxylic acids is 1. The highest BCUT2D eigenvalue weighted by Crippen LogP contribution is 2.13. The monoisotopic (exact) mass is 281 g/mol. The van der Waals surface area contributed by atoms with Crippen LogP contribution < -0.4 is 5.32 Å². The summed E-state index contributed by atoms with van der Waals surface area (Å²) in [6.07, 6.45) is 0.629. The van der Waals surface area contributed by atoms with Gasteiger partial charge in [0.25, 0.3) is 0 Å². The average molecular weight is 281 g/mol. The molecule has 1 aromatic rings. The molecular weight excluding hydrogens is 258 g/mol. The number of thioether (sulfide) groups is 1. The standard InChI is InChI=1S/C15H23NO2S/c1-4-15(3,18)11-16-14(17)10-19-9-13-7-5-6-12(2)8-13/h5-8,18H,4,9-11H2,1-3H3,(H,16,17). The summed E-state index contributed by atoms with van der Waals surface area (Å²) < 4.78 is 0. The van der Waals surface area contributed by atoms with Gasteiger partial charge in [-0.25, -0.2) is 0 Å². The van der Waals surface area contributed by atoms with Crippen molar-refractivity contribution in [2.45, 2.75) is 38.5 Å².